The van der Waals surface area contributed by atoms with Crippen LogP contribution in [0.5, 0.6) is 0 Å². The zero-order valence-corrected chi connectivity index (χ0v) is 18.3. The summed E-state index contributed by atoms with van der Waals surface area (Å²) in [6.45, 7) is -0.727. The number of nitrogens with one attached hydrogen (secondary N) is 1. The number of amides is 1. The average Bonchev–Trinajstić information content (AvgIpc) is 2.72. The van der Waals surface area contributed by atoms with E-state index >= 15 is 0 Å². The first-order valence-corrected chi connectivity index (χ1v) is 10.4. The molecule has 0 bridgehead atoms. The number of non-ortho nitro benzene ring substituents is 1. The Labute approximate surface area is 186 Å². The number of hydrogen-bond acceptors (Lipinski definition) is 8. The molecule has 2 aromatic rings. The van der Waals surface area contributed by atoms with Gasteiger partial charge in [0, 0.05) is 19.2 Å². The van der Waals surface area contributed by atoms with Crippen LogP contribution in [0.1, 0.15) is 10.4 Å². The smallest absolute Gasteiger partial charge is 0.338 e. The minimum atomic E-state index is -4.13. The van der Waals surface area contributed by atoms with E-state index in [4.69, 9.17) is 27.9 Å². The van der Waals surface area contributed by atoms with Gasteiger partial charge in [-0.1, -0.05) is 27.7 Å². The number of nitro benzene ring substituents is 1. The summed E-state index contributed by atoms with van der Waals surface area (Å²) < 4.78 is 30.2. The standard InChI is InChI=1S/C17H15Cl2N3O8S/c1-21(29-2)31(27,28)15-7-10(3-5-12(15)18)17(24)30-9-16(23)20-14-6-4-11(22(25)26)8-13(14)19/h3-8H,9H2,1-2H3,(H,20,23). The van der Waals surface area contributed by atoms with E-state index in [2.05, 4.69) is 10.2 Å². The molecule has 2 rings (SSSR count). The first-order chi connectivity index (χ1) is 14.5. The zero-order valence-electron chi connectivity index (χ0n) is 16.0. The SMILES string of the molecule is CON(C)S(=O)(=O)c1cc(C(=O)OCC(=O)Nc2ccc([N+](=O)[O-])cc2Cl)ccc1Cl. The fraction of sp³-hybridized carbons (Fsp3) is 0.176. The van der Waals surface area contributed by atoms with E-state index in [0.717, 1.165) is 32.4 Å². The monoisotopic (exact) mass is 491 g/mol. The second kappa shape index (κ2) is 10.0. The van der Waals surface area contributed by atoms with Crippen molar-refractivity contribution in [3.8, 4) is 0 Å². The van der Waals surface area contributed by atoms with Crippen LogP contribution in [0.4, 0.5) is 11.4 Å². The highest BCUT2D eigenvalue weighted by atomic mass is 35.5. The number of esters is 1. The lowest BCUT2D eigenvalue weighted by Crippen LogP contribution is -2.26. The first kappa shape index (κ1) is 24.5. The van der Waals surface area contributed by atoms with Gasteiger partial charge in [0.15, 0.2) is 6.61 Å². The highest BCUT2D eigenvalue weighted by Crippen LogP contribution is 2.27. The Morgan fingerprint density at radius 1 is 1.16 bits per heavy atom. The molecule has 31 heavy (non-hydrogen) atoms. The maximum atomic E-state index is 12.4. The molecule has 11 nitrogen and oxygen atoms in total. The molecule has 0 fully saturated rings. The number of sulfonamides is 1. The molecule has 1 N–H and O–H groups in total. The van der Waals surface area contributed by atoms with Crippen molar-refractivity contribution >= 4 is 56.5 Å². The van der Waals surface area contributed by atoms with Gasteiger partial charge in [0.1, 0.15) is 4.90 Å². The number of carbonyl (C=O) groups is 2. The summed E-state index contributed by atoms with van der Waals surface area (Å²) in [7, 11) is -1.85. The third kappa shape index (κ3) is 5.89. The molecule has 0 atom stereocenters. The highest BCUT2D eigenvalue weighted by molar-refractivity contribution is 7.89. The molecule has 0 aromatic heterocycles. The van der Waals surface area contributed by atoms with Crippen LogP contribution in [0.2, 0.25) is 10.0 Å². The Bertz CT molecular complexity index is 1140. The number of hydrogen-bond donors (Lipinski definition) is 1. The van der Waals surface area contributed by atoms with Crippen LogP contribution in [0.15, 0.2) is 41.3 Å². The number of nitro groups is 1. The normalized spacial score (nSPS) is 11.3. The molecule has 0 radical (unpaired) electrons. The predicted molar refractivity (Wildman–Crippen MR) is 110 cm³/mol. The molecule has 0 unspecified atom stereocenters. The quantitative estimate of drug-likeness (QED) is 0.336. The number of benzene rings is 2. The van der Waals surface area contributed by atoms with Gasteiger partial charge in [-0.05, 0) is 24.3 Å². The molecule has 1 amide bonds. The summed E-state index contributed by atoms with van der Waals surface area (Å²) in [5.41, 5.74) is -0.355. The molecule has 0 aliphatic carbocycles. The Hall–Kier alpha value is -2.77. The molecular formula is C17H15Cl2N3O8S. The number of nitrogens with zero attached hydrogens (tertiary/aromatic N) is 2. The lowest BCUT2D eigenvalue weighted by molar-refractivity contribution is -0.384. The summed E-state index contributed by atoms with van der Waals surface area (Å²) in [5, 5.41) is 12.8. The van der Waals surface area contributed by atoms with Crippen LogP contribution < -0.4 is 5.32 Å². The first-order valence-electron chi connectivity index (χ1n) is 8.21. The van der Waals surface area contributed by atoms with Gasteiger partial charge in [0.25, 0.3) is 21.6 Å². The number of anilines is 1. The van der Waals surface area contributed by atoms with Crippen molar-refractivity contribution in [3.05, 3.63) is 62.1 Å². The third-order valence-electron chi connectivity index (χ3n) is 3.81. The molecule has 166 valence electrons. The number of rotatable bonds is 8. The van der Waals surface area contributed by atoms with Crippen molar-refractivity contribution in [2.24, 2.45) is 0 Å². The Balaban J connectivity index is 2.08. The van der Waals surface area contributed by atoms with Gasteiger partial charge in [-0.25, -0.2) is 13.2 Å². The van der Waals surface area contributed by atoms with Gasteiger partial charge in [-0.3, -0.25) is 19.7 Å². The van der Waals surface area contributed by atoms with Gasteiger partial charge in [0.05, 0.1) is 33.3 Å². The Morgan fingerprint density at radius 2 is 1.84 bits per heavy atom. The summed E-state index contributed by atoms with van der Waals surface area (Å²) in [5.74, 6) is -1.76. The summed E-state index contributed by atoms with van der Waals surface area (Å²) in [4.78, 5) is 38.6. The molecule has 14 heteroatoms. The molecule has 2 aromatic carbocycles. The molecular weight excluding hydrogens is 477 g/mol. The van der Waals surface area contributed by atoms with Crippen molar-refractivity contribution in [2.75, 3.05) is 26.1 Å². The molecule has 0 aliphatic rings. The number of halogens is 2. The molecule has 0 saturated heterocycles. The largest absolute Gasteiger partial charge is 0.452 e. The van der Waals surface area contributed by atoms with E-state index in [0.29, 0.717) is 4.47 Å². The van der Waals surface area contributed by atoms with Crippen molar-refractivity contribution in [1.82, 2.24) is 4.47 Å². The highest BCUT2D eigenvalue weighted by Gasteiger charge is 2.25. The maximum absolute atomic E-state index is 12.4. The van der Waals surface area contributed by atoms with Crippen LogP contribution >= 0.6 is 23.2 Å². The van der Waals surface area contributed by atoms with E-state index in [-0.39, 0.29) is 27.0 Å². The lowest BCUT2D eigenvalue weighted by Gasteiger charge is -2.15. The van der Waals surface area contributed by atoms with E-state index in [1.807, 2.05) is 0 Å². The zero-order chi connectivity index (χ0) is 23.3. The number of carbonyl (C=O) groups excluding carboxylic acids is 2. The molecule has 0 heterocycles. The fourth-order valence-corrected chi connectivity index (χ4v) is 3.88. The fourth-order valence-electron chi connectivity index (χ4n) is 2.18. The second-order valence-corrected chi connectivity index (χ2v) is 8.51. The van der Waals surface area contributed by atoms with Gasteiger partial charge in [0.2, 0.25) is 0 Å². The molecule has 0 spiro atoms. The lowest BCUT2D eigenvalue weighted by atomic mass is 10.2. The van der Waals surface area contributed by atoms with Gasteiger partial charge >= 0.3 is 5.97 Å². The number of ether oxygens (including phenoxy) is 1. The van der Waals surface area contributed by atoms with Crippen molar-refractivity contribution in [2.45, 2.75) is 4.90 Å². The summed E-state index contributed by atoms with van der Waals surface area (Å²) in [6, 6.07) is 6.81. The topological polar surface area (TPSA) is 145 Å². The van der Waals surface area contributed by atoms with E-state index < -0.39 is 38.3 Å². The second-order valence-electron chi connectivity index (χ2n) is 5.79. The van der Waals surface area contributed by atoms with Crippen LogP contribution in [0, 0.1) is 10.1 Å². The average molecular weight is 492 g/mol. The van der Waals surface area contributed by atoms with Crippen LogP contribution in [-0.4, -0.2) is 50.5 Å². The minimum absolute atomic E-state index is 0.0794. The third-order valence-corrected chi connectivity index (χ3v) is 6.29. The number of hydroxylamine groups is 1. The van der Waals surface area contributed by atoms with E-state index in [1.54, 1.807) is 0 Å². The minimum Gasteiger partial charge on any atom is -0.452 e. The predicted octanol–water partition coefficient (Wildman–Crippen LogP) is 2.88. The summed E-state index contributed by atoms with van der Waals surface area (Å²) >= 11 is 11.8. The molecule has 0 saturated carbocycles. The van der Waals surface area contributed by atoms with Crippen molar-refractivity contribution in [3.63, 3.8) is 0 Å². The summed E-state index contributed by atoms with van der Waals surface area (Å²) in [6.07, 6.45) is 0. The van der Waals surface area contributed by atoms with Gasteiger partial charge in [-0.15, -0.1) is 0 Å². The Morgan fingerprint density at radius 3 is 2.42 bits per heavy atom. The van der Waals surface area contributed by atoms with Crippen molar-refractivity contribution < 1.29 is 32.5 Å². The van der Waals surface area contributed by atoms with E-state index in [9.17, 15) is 28.1 Å². The van der Waals surface area contributed by atoms with Crippen molar-refractivity contribution in [1.29, 1.82) is 0 Å². The van der Waals surface area contributed by atoms with Crippen LogP contribution in [0.25, 0.3) is 0 Å². The van der Waals surface area contributed by atoms with Gasteiger partial charge in [-0.2, -0.15) is 0 Å². The Kier molecular flexibility index (Phi) is 7.92. The van der Waals surface area contributed by atoms with E-state index in [1.165, 1.54) is 18.2 Å². The van der Waals surface area contributed by atoms with Gasteiger partial charge < -0.3 is 10.1 Å². The van der Waals surface area contributed by atoms with Crippen LogP contribution in [0.3, 0.4) is 0 Å². The van der Waals surface area contributed by atoms with Crippen LogP contribution in [-0.2, 0) is 24.4 Å². The molecule has 0 aliphatic heterocycles. The maximum Gasteiger partial charge on any atom is 0.338 e.